The van der Waals surface area contributed by atoms with Gasteiger partial charge in [-0.05, 0) is 24.3 Å². The Balaban J connectivity index is 1.89. The number of nitrogens with zero attached hydrogens (tertiary/aromatic N) is 5. The number of pyridine rings is 1. The van der Waals surface area contributed by atoms with Crippen molar-refractivity contribution in [2.24, 2.45) is 7.05 Å². The zero-order valence-electron chi connectivity index (χ0n) is 13.0. The number of hydrogen-bond donors (Lipinski definition) is 0. The quantitative estimate of drug-likeness (QED) is 0.454. The van der Waals surface area contributed by atoms with E-state index >= 15 is 0 Å². The maximum Gasteiger partial charge on any atom is 0.275 e. The molecule has 0 radical (unpaired) electrons. The SMILES string of the molecule is Cn1ncc2cnc3sc4c(=O)n(-c5ccc(Cl)cc5)cnc4c3c21. The molecule has 0 saturated heterocycles. The summed E-state index contributed by atoms with van der Waals surface area (Å²) < 4.78 is 3.89. The van der Waals surface area contributed by atoms with Gasteiger partial charge in [-0.2, -0.15) is 5.10 Å². The van der Waals surface area contributed by atoms with Crippen molar-refractivity contribution in [3.05, 3.63) is 58.4 Å². The van der Waals surface area contributed by atoms with Crippen LogP contribution in [0, 0.1) is 0 Å². The molecule has 5 aromatic rings. The van der Waals surface area contributed by atoms with Gasteiger partial charge in [-0.3, -0.25) is 14.0 Å². The summed E-state index contributed by atoms with van der Waals surface area (Å²) in [6.45, 7) is 0. The van der Waals surface area contributed by atoms with Gasteiger partial charge in [0, 0.05) is 23.7 Å². The van der Waals surface area contributed by atoms with Crippen LogP contribution in [0.4, 0.5) is 0 Å². The predicted molar refractivity (Wildman–Crippen MR) is 99.8 cm³/mol. The van der Waals surface area contributed by atoms with Crippen molar-refractivity contribution in [1.29, 1.82) is 0 Å². The van der Waals surface area contributed by atoms with Crippen molar-refractivity contribution < 1.29 is 0 Å². The first-order chi connectivity index (χ1) is 12.1. The van der Waals surface area contributed by atoms with Crippen LogP contribution in [0.2, 0.25) is 5.02 Å². The van der Waals surface area contributed by atoms with Gasteiger partial charge < -0.3 is 0 Å². The first-order valence-corrected chi connectivity index (χ1v) is 8.69. The highest BCUT2D eigenvalue weighted by molar-refractivity contribution is 7.25. The van der Waals surface area contributed by atoms with E-state index in [9.17, 15) is 4.79 Å². The Labute approximate surface area is 149 Å². The molecule has 0 fully saturated rings. The lowest BCUT2D eigenvalue weighted by Gasteiger charge is -2.05. The molecule has 122 valence electrons. The van der Waals surface area contributed by atoms with Crippen molar-refractivity contribution in [3.63, 3.8) is 0 Å². The second-order valence-corrected chi connectivity index (χ2v) is 7.12. The molecule has 0 saturated carbocycles. The van der Waals surface area contributed by atoms with E-state index in [1.807, 2.05) is 7.05 Å². The number of benzene rings is 1. The smallest absolute Gasteiger partial charge is 0.267 e. The summed E-state index contributed by atoms with van der Waals surface area (Å²) in [6, 6.07) is 7.09. The fourth-order valence-electron chi connectivity index (χ4n) is 3.03. The molecule has 0 aliphatic carbocycles. The largest absolute Gasteiger partial charge is 0.275 e. The van der Waals surface area contributed by atoms with Gasteiger partial charge in [0.1, 0.15) is 21.4 Å². The summed E-state index contributed by atoms with van der Waals surface area (Å²) in [5.41, 5.74) is 2.20. The minimum Gasteiger partial charge on any atom is -0.267 e. The van der Waals surface area contributed by atoms with Crippen LogP contribution in [0.3, 0.4) is 0 Å². The van der Waals surface area contributed by atoms with E-state index in [1.54, 1.807) is 47.7 Å². The maximum atomic E-state index is 13.0. The van der Waals surface area contributed by atoms with E-state index < -0.39 is 0 Å². The number of fused-ring (bicyclic) bond motifs is 5. The molecule has 5 rings (SSSR count). The summed E-state index contributed by atoms with van der Waals surface area (Å²) in [5.74, 6) is 0. The second kappa shape index (κ2) is 5.11. The van der Waals surface area contributed by atoms with E-state index in [0.717, 1.165) is 26.8 Å². The number of aryl methyl sites for hydroxylation is 1. The molecule has 4 aromatic heterocycles. The Bertz CT molecular complexity index is 1330. The topological polar surface area (TPSA) is 65.6 Å². The molecule has 25 heavy (non-hydrogen) atoms. The summed E-state index contributed by atoms with van der Waals surface area (Å²) in [6.07, 6.45) is 5.09. The van der Waals surface area contributed by atoms with Gasteiger partial charge in [0.15, 0.2) is 0 Å². The van der Waals surface area contributed by atoms with Crippen molar-refractivity contribution in [2.45, 2.75) is 0 Å². The minimum atomic E-state index is -0.120. The summed E-state index contributed by atoms with van der Waals surface area (Å²) in [4.78, 5) is 22.8. The molecular formula is C17H10ClN5OS. The first-order valence-electron chi connectivity index (χ1n) is 7.50. The zero-order chi connectivity index (χ0) is 17.1. The Morgan fingerprint density at radius 2 is 1.92 bits per heavy atom. The molecule has 8 heteroatoms. The van der Waals surface area contributed by atoms with Gasteiger partial charge in [-0.25, -0.2) is 9.97 Å². The normalized spacial score (nSPS) is 11.8. The van der Waals surface area contributed by atoms with Crippen LogP contribution in [0.5, 0.6) is 0 Å². The highest BCUT2D eigenvalue weighted by atomic mass is 35.5. The lowest BCUT2D eigenvalue weighted by atomic mass is 10.2. The van der Waals surface area contributed by atoms with Crippen molar-refractivity contribution >= 4 is 54.3 Å². The number of aromatic nitrogens is 5. The Hall–Kier alpha value is -2.77. The fourth-order valence-corrected chi connectivity index (χ4v) is 4.19. The minimum absolute atomic E-state index is 0.120. The number of hydrogen-bond acceptors (Lipinski definition) is 5. The van der Waals surface area contributed by atoms with Crippen molar-refractivity contribution in [3.8, 4) is 5.69 Å². The van der Waals surface area contributed by atoms with Gasteiger partial charge in [-0.15, -0.1) is 11.3 Å². The lowest BCUT2D eigenvalue weighted by molar-refractivity contribution is 0.799. The molecular weight excluding hydrogens is 358 g/mol. The van der Waals surface area contributed by atoms with Crippen molar-refractivity contribution in [1.82, 2.24) is 24.3 Å². The maximum absolute atomic E-state index is 13.0. The number of halogens is 1. The zero-order valence-corrected chi connectivity index (χ0v) is 14.5. The molecule has 1 aromatic carbocycles. The van der Waals surface area contributed by atoms with Crippen LogP contribution in [0.25, 0.3) is 37.0 Å². The van der Waals surface area contributed by atoms with E-state index in [4.69, 9.17) is 11.6 Å². The molecule has 0 unspecified atom stereocenters. The summed E-state index contributed by atoms with van der Waals surface area (Å²) in [5, 5.41) is 6.71. The standard InChI is InChI=1S/C17H10ClN5OS/c1-22-14-9(7-21-22)6-19-16-12(14)13-15(25-16)17(24)23(8-20-13)11-4-2-10(18)3-5-11/h2-8H,1H3. The third kappa shape index (κ3) is 2.03. The molecule has 0 amide bonds. The first kappa shape index (κ1) is 14.6. The summed E-state index contributed by atoms with van der Waals surface area (Å²) in [7, 11) is 1.88. The third-order valence-electron chi connectivity index (χ3n) is 4.21. The van der Waals surface area contributed by atoms with Crippen LogP contribution in [-0.4, -0.2) is 24.3 Å². The molecule has 0 bridgehead atoms. The number of rotatable bonds is 1. The van der Waals surface area contributed by atoms with E-state index in [0.29, 0.717) is 15.2 Å². The number of thiophene rings is 1. The molecule has 0 atom stereocenters. The highest BCUT2D eigenvalue weighted by Gasteiger charge is 2.17. The van der Waals surface area contributed by atoms with E-state index in [1.165, 1.54) is 15.9 Å². The van der Waals surface area contributed by atoms with Crippen LogP contribution in [0.15, 0.2) is 47.8 Å². The Kier molecular flexibility index (Phi) is 2.98. The van der Waals surface area contributed by atoms with E-state index in [2.05, 4.69) is 15.1 Å². The third-order valence-corrected chi connectivity index (χ3v) is 5.54. The monoisotopic (exact) mass is 367 g/mol. The molecule has 6 nitrogen and oxygen atoms in total. The molecule has 0 N–H and O–H groups in total. The van der Waals surface area contributed by atoms with Crippen LogP contribution in [-0.2, 0) is 7.05 Å². The van der Waals surface area contributed by atoms with Crippen molar-refractivity contribution in [2.75, 3.05) is 0 Å². The molecule has 0 aliphatic rings. The second-order valence-electron chi connectivity index (χ2n) is 5.69. The van der Waals surface area contributed by atoms with Crippen LogP contribution >= 0.6 is 22.9 Å². The average Bonchev–Trinajstić information content (AvgIpc) is 3.17. The highest BCUT2D eigenvalue weighted by Crippen LogP contribution is 2.34. The molecule has 0 aliphatic heterocycles. The Morgan fingerprint density at radius 1 is 1.12 bits per heavy atom. The van der Waals surface area contributed by atoms with Gasteiger partial charge in [0.2, 0.25) is 0 Å². The van der Waals surface area contributed by atoms with Gasteiger partial charge in [0.05, 0.1) is 22.8 Å². The molecule has 4 heterocycles. The predicted octanol–water partition coefficient (Wildman–Crippen LogP) is 3.54. The average molecular weight is 368 g/mol. The lowest BCUT2D eigenvalue weighted by Crippen LogP contribution is -2.17. The van der Waals surface area contributed by atoms with Crippen LogP contribution < -0.4 is 5.56 Å². The van der Waals surface area contributed by atoms with Crippen LogP contribution in [0.1, 0.15) is 0 Å². The Morgan fingerprint density at radius 3 is 2.72 bits per heavy atom. The fraction of sp³-hybridized carbons (Fsp3) is 0.0588. The van der Waals surface area contributed by atoms with Gasteiger partial charge in [0.25, 0.3) is 5.56 Å². The summed E-state index contributed by atoms with van der Waals surface area (Å²) >= 11 is 7.28. The van der Waals surface area contributed by atoms with Gasteiger partial charge in [-0.1, -0.05) is 11.6 Å². The molecule has 0 spiro atoms. The van der Waals surface area contributed by atoms with E-state index in [-0.39, 0.29) is 5.56 Å². The van der Waals surface area contributed by atoms with Gasteiger partial charge >= 0.3 is 0 Å².